The van der Waals surface area contributed by atoms with Gasteiger partial charge >= 0.3 is 5.97 Å². The number of fused-ring (bicyclic) bond motifs is 2. The van der Waals surface area contributed by atoms with Crippen LogP contribution in [-0.4, -0.2) is 37.3 Å². The van der Waals surface area contributed by atoms with Gasteiger partial charge in [0.1, 0.15) is 0 Å². The van der Waals surface area contributed by atoms with E-state index in [9.17, 15) is 19.5 Å². The number of rotatable bonds is 7. The SMILES string of the molecule is Cn1cc(C2CC(c3c(Cc4ccccc4)c4cc(Cl)ccc4[nH]c3=O)=NN2C(=O)CCC(=O)O)c2ccccc21. The molecule has 3 aromatic carbocycles. The second-order valence-corrected chi connectivity index (χ2v) is 10.7. The van der Waals surface area contributed by atoms with Crippen LogP contribution in [-0.2, 0) is 23.1 Å². The van der Waals surface area contributed by atoms with Crippen molar-refractivity contribution in [3.05, 3.63) is 117 Å². The van der Waals surface area contributed by atoms with Crippen LogP contribution in [0, 0.1) is 0 Å². The van der Waals surface area contributed by atoms with Crippen LogP contribution < -0.4 is 5.56 Å². The topological polar surface area (TPSA) is 108 Å². The van der Waals surface area contributed by atoms with Crippen LogP contribution in [0.5, 0.6) is 0 Å². The molecule has 0 aliphatic carbocycles. The van der Waals surface area contributed by atoms with Crippen molar-refractivity contribution >= 4 is 51.0 Å². The predicted octanol–water partition coefficient (Wildman–Crippen LogP) is 5.81. The van der Waals surface area contributed by atoms with Crippen LogP contribution in [0.1, 0.15) is 47.6 Å². The minimum atomic E-state index is -1.06. The molecule has 3 heterocycles. The standard InChI is InChI=1S/C32H27ClN4O4/c1-36-18-24(21-9-5-6-10-27(21)36)28-17-26(35-37(28)29(38)13-14-30(39)40)31-23(15-19-7-3-2-4-8-19)22-16-20(33)11-12-25(22)34-32(31)41/h2-12,16,18,28H,13-15,17H2,1H3,(H,34,41)(H,39,40). The number of hydrazone groups is 1. The zero-order chi connectivity index (χ0) is 28.7. The zero-order valence-electron chi connectivity index (χ0n) is 22.3. The molecule has 206 valence electrons. The van der Waals surface area contributed by atoms with Crippen molar-refractivity contribution in [1.29, 1.82) is 0 Å². The summed E-state index contributed by atoms with van der Waals surface area (Å²) in [5.41, 5.74) is 4.90. The fraction of sp³-hybridized carbons (Fsp3) is 0.188. The number of aromatic nitrogens is 2. The smallest absolute Gasteiger partial charge is 0.303 e. The van der Waals surface area contributed by atoms with E-state index in [1.165, 1.54) is 5.01 Å². The number of nitrogens with one attached hydrogen (secondary N) is 1. The van der Waals surface area contributed by atoms with Crippen molar-refractivity contribution in [2.75, 3.05) is 0 Å². The maximum absolute atomic E-state index is 13.7. The van der Waals surface area contributed by atoms with Crippen molar-refractivity contribution in [3.63, 3.8) is 0 Å². The van der Waals surface area contributed by atoms with E-state index < -0.39 is 17.9 Å². The number of pyridine rings is 1. The third-order valence-corrected chi connectivity index (χ3v) is 7.84. The second kappa shape index (κ2) is 10.7. The summed E-state index contributed by atoms with van der Waals surface area (Å²) >= 11 is 6.41. The molecule has 1 atom stereocenters. The lowest BCUT2D eigenvalue weighted by molar-refractivity contribution is -0.141. The molecule has 5 aromatic rings. The summed E-state index contributed by atoms with van der Waals surface area (Å²) in [4.78, 5) is 41.4. The van der Waals surface area contributed by atoms with Crippen molar-refractivity contribution in [2.45, 2.75) is 31.7 Å². The van der Waals surface area contributed by atoms with Crippen LogP contribution in [0.4, 0.5) is 0 Å². The quantitative estimate of drug-likeness (QED) is 0.259. The maximum Gasteiger partial charge on any atom is 0.303 e. The Hall–Kier alpha value is -4.69. The number of carboxylic acids is 1. The predicted molar refractivity (Wildman–Crippen MR) is 159 cm³/mol. The Morgan fingerprint density at radius 1 is 1.02 bits per heavy atom. The van der Waals surface area contributed by atoms with E-state index in [-0.39, 0.29) is 18.4 Å². The molecule has 1 unspecified atom stereocenters. The molecule has 2 aromatic heterocycles. The molecule has 41 heavy (non-hydrogen) atoms. The summed E-state index contributed by atoms with van der Waals surface area (Å²) in [6.07, 6.45) is 2.22. The average molecular weight is 567 g/mol. The van der Waals surface area contributed by atoms with E-state index in [2.05, 4.69) is 4.98 Å². The number of carboxylic acid groups (broad SMARTS) is 1. The number of aliphatic carboxylic acids is 1. The van der Waals surface area contributed by atoms with Gasteiger partial charge in [-0.2, -0.15) is 5.10 Å². The Kier molecular flexibility index (Phi) is 6.93. The number of aromatic amines is 1. The Labute approximate surface area is 240 Å². The lowest BCUT2D eigenvalue weighted by Gasteiger charge is -2.21. The summed E-state index contributed by atoms with van der Waals surface area (Å²) < 4.78 is 1.99. The molecule has 0 bridgehead atoms. The Balaban J connectivity index is 1.52. The van der Waals surface area contributed by atoms with Gasteiger partial charge in [0.15, 0.2) is 0 Å². The largest absolute Gasteiger partial charge is 0.481 e. The molecule has 0 spiro atoms. The van der Waals surface area contributed by atoms with Crippen molar-refractivity contribution in [3.8, 4) is 0 Å². The number of carbonyl (C=O) groups excluding carboxylic acids is 1. The normalized spacial score (nSPS) is 15.0. The van der Waals surface area contributed by atoms with Gasteiger partial charge in [-0.3, -0.25) is 14.4 Å². The highest BCUT2D eigenvalue weighted by Gasteiger charge is 2.36. The van der Waals surface area contributed by atoms with E-state index in [1.807, 2.05) is 78.5 Å². The van der Waals surface area contributed by atoms with Gasteiger partial charge in [0, 0.05) is 58.5 Å². The number of para-hydroxylation sites is 1. The van der Waals surface area contributed by atoms with Crippen LogP contribution in [0.25, 0.3) is 21.8 Å². The number of amides is 1. The minimum absolute atomic E-state index is 0.200. The van der Waals surface area contributed by atoms with Gasteiger partial charge in [-0.15, -0.1) is 0 Å². The first kappa shape index (κ1) is 26.5. The van der Waals surface area contributed by atoms with Crippen LogP contribution in [0.3, 0.4) is 0 Å². The summed E-state index contributed by atoms with van der Waals surface area (Å²) in [7, 11) is 1.94. The number of nitrogens with zero attached hydrogens (tertiary/aromatic N) is 3. The maximum atomic E-state index is 13.7. The zero-order valence-corrected chi connectivity index (χ0v) is 23.1. The highest BCUT2D eigenvalue weighted by molar-refractivity contribution is 6.31. The lowest BCUT2D eigenvalue weighted by Crippen LogP contribution is -2.27. The number of hydrogen-bond donors (Lipinski definition) is 2. The van der Waals surface area contributed by atoms with Gasteiger partial charge in [-0.25, -0.2) is 5.01 Å². The third-order valence-electron chi connectivity index (χ3n) is 7.60. The summed E-state index contributed by atoms with van der Waals surface area (Å²) in [5, 5.41) is 17.7. The number of aryl methyl sites for hydroxylation is 1. The van der Waals surface area contributed by atoms with Crippen LogP contribution >= 0.6 is 11.6 Å². The first-order valence-corrected chi connectivity index (χ1v) is 13.7. The van der Waals surface area contributed by atoms with E-state index in [0.717, 1.165) is 33.0 Å². The highest BCUT2D eigenvalue weighted by atomic mass is 35.5. The number of hydrogen-bond acceptors (Lipinski definition) is 4. The fourth-order valence-corrected chi connectivity index (χ4v) is 5.89. The van der Waals surface area contributed by atoms with Gasteiger partial charge < -0.3 is 14.7 Å². The molecule has 1 amide bonds. The minimum Gasteiger partial charge on any atom is -0.481 e. The van der Waals surface area contributed by atoms with Gasteiger partial charge in [0.05, 0.1) is 23.7 Å². The molecule has 2 N–H and O–H groups in total. The fourth-order valence-electron chi connectivity index (χ4n) is 5.72. The first-order chi connectivity index (χ1) is 19.8. The van der Waals surface area contributed by atoms with Gasteiger partial charge in [-0.1, -0.05) is 60.1 Å². The van der Waals surface area contributed by atoms with E-state index >= 15 is 0 Å². The lowest BCUT2D eigenvalue weighted by atomic mass is 9.91. The number of halogens is 1. The van der Waals surface area contributed by atoms with E-state index in [0.29, 0.717) is 34.7 Å². The molecule has 0 fully saturated rings. The summed E-state index contributed by atoms with van der Waals surface area (Å²) in [6, 6.07) is 22.6. The van der Waals surface area contributed by atoms with E-state index in [1.54, 1.807) is 12.1 Å². The Morgan fingerprint density at radius 2 is 1.78 bits per heavy atom. The second-order valence-electron chi connectivity index (χ2n) is 10.3. The Morgan fingerprint density at radius 3 is 2.56 bits per heavy atom. The average Bonchev–Trinajstić information content (AvgIpc) is 3.54. The highest BCUT2D eigenvalue weighted by Crippen LogP contribution is 2.38. The molecule has 0 saturated heterocycles. The van der Waals surface area contributed by atoms with Crippen molar-refractivity contribution in [2.24, 2.45) is 12.1 Å². The number of carbonyl (C=O) groups is 2. The van der Waals surface area contributed by atoms with Gasteiger partial charge in [0.2, 0.25) is 5.91 Å². The molecule has 1 aliphatic rings. The molecule has 8 nitrogen and oxygen atoms in total. The molecule has 6 rings (SSSR count). The molecule has 9 heteroatoms. The van der Waals surface area contributed by atoms with Gasteiger partial charge in [-0.05, 0) is 41.8 Å². The summed E-state index contributed by atoms with van der Waals surface area (Å²) in [6.45, 7) is 0. The van der Waals surface area contributed by atoms with E-state index in [4.69, 9.17) is 16.7 Å². The first-order valence-electron chi connectivity index (χ1n) is 13.3. The van der Waals surface area contributed by atoms with Crippen molar-refractivity contribution in [1.82, 2.24) is 14.6 Å². The Bertz CT molecular complexity index is 1910. The third kappa shape index (κ3) is 5.02. The summed E-state index contributed by atoms with van der Waals surface area (Å²) in [5.74, 6) is -1.47. The molecule has 0 saturated carbocycles. The molecular formula is C32H27ClN4O4. The molecule has 0 radical (unpaired) electrons. The number of benzene rings is 3. The monoisotopic (exact) mass is 566 g/mol. The molecule has 1 aliphatic heterocycles. The molecular weight excluding hydrogens is 540 g/mol. The van der Waals surface area contributed by atoms with Crippen LogP contribution in [0.2, 0.25) is 5.02 Å². The van der Waals surface area contributed by atoms with Crippen LogP contribution in [0.15, 0.2) is 88.9 Å². The van der Waals surface area contributed by atoms with Gasteiger partial charge in [0.25, 0.3) is 5.56 Å². The van der Waals surface area contributed by atoms with Crippen molar-refractivity contribution < 1.29 is 14.7 Å². The number of H-pyrrole nitrogens is 1.